The quantitative estimate of drug-likeness (QED) is 0.860. The fourth-order valence-electron chi connectivity index (χ4n) is 3.23. The Hall–Kier alpha value is -0.980. The molecule has 4 nitrogen and oxygen atoms in total. The van der Waals surface area contributed by atoms with Crippen molar-refractivity contribution in [3.05, 3.63) is 29.6 Å². The van der Waals surface area contributed by atoms with Crippen LogP contribution in [0.2, 0.25) is 0 Å². The van der Waals surface area contributed by atoms with Gasteiger partial charge in [0.1, 0.15) is 5.82 Å². The summed E-state index contributed by atoms with van der Waals surface area (Å²) in [6.07, 6.45) is 3.03. The minimum atomic E-state index is -3.25. The van der Waals surface area contributed by atoms with Crippen molar-refractivity contribution >= 4 is 9.84 Å². The van der Waals surface area contributed by atoms with E-state index in [0.717, 1.165) is 26.2 Å². The molecule has 1 aromatic rings. The fourth-order valence-corrected chi connectivity index (χ4v) is 4.83. The van der Waals surface area contributed by atoms with Gasteiger partial charge in [0.2, 0.25) is 0 Å². The third-order valence-electron chi connectivity index (χ3n) is 4.38. The molecule has 1 unspecified atom stereocenters. The molecule has 1 saturated heterocycles. The van der Waals surface area contributed by atoms with Crippen LogP contribution in [0.3, 0.4) is 0 Å². The summed E-state index contributed by atoms with van der Waals surface area (Å²) in [5, 5.41) is 3.40. The SMILES string of the molecule is O=S1(=O)CCC(NCCN2CCCC2)c2cc(F)ccc21. The zero-order valence-electron chi connectivity index (χ0n) is 12.0. The largest absolute Gasteiger partial charge is 0.309 e. The Morgan fingerprint density at radius 1 is 1.29 bits per heavy atom. The average molecular weight is 312 g/mol. The molecule has 21 heavy (non-hydrogen) atoms. The van der Waals surface area contributed by atoms with Crippen LogP contribution in [0.25, 0.3) is 0 Å². The molecule has 116 valence electrons. The third kappa shape index (κ3) is 3.27. The zero-order chi connectivity index (χ0) is 14.9. The molecular formula is C15H21FN2O2S. The van der Waals surface area contributed by atoms with E-state index in [2.05, 4.69) is 10.2 Å². The molecule has 0 aliphatic carbocycles. The molecule has 0 spiro atoms. The maximum absolute atomic E-state index is 13.5. The first-order valence-corrected chi connectivity index (χ1v) is 9.19. The zero-order valence-corrected chi connectivity index (χ0v) is 12.8. The van der Waals surface area contributed by atoms with Gasteiger partial charge in [-0.2, -0.15) is 0 Å². The van der Waals surface area contributed by atoms with E-state index in [-0.39, 0.29) is 22.5 Å². The van der Waals surface area contributed by atoms with Crippen molar-refractivity contribution in [3.63, 3.8) is 0 Å². The molecular weight excluding hydrogens is 291 g/mol. The monoisotopic (exact) mass is 312 g/mol. The van der Waals surface area contributed by atoms with Crippen LogP contribution in [-0.2, 0) is 9.84 Å². The van der Waals surface area contributed by atoms with Gasteiger partial charge in [0.25, 0.3) is 0 Å². The number of hydrogen-bond acceptors (Lipinski definition) is 4. The minimum absolute atomic E-state index is 0.0678. The van der Waals surface area contributed by atoms with Crippen LogP contribution in [0, 0.1) is 5.82 Å². The summed E-state index contributed by atoms with van der Waals surface area (Å²) >= 11 is 0. The molecule has 0 saturated carbocycles. The number of rotatable bonds is 4. The topological polar surface area (TPSA) is 49.4 Å². The van der Waals surface area contributed by atoms with Gasteiger partial charge >= 0.3 is 0 Å². The second-order valence-corrected chi connectivity index (χ2v) is 7.92. The molecule has 0 radical (unpaired) electrons. The number of nitrogens with zero attached hydrogens (tertiary/aromatic N) is 1. The predicted octanol–water partition coefficient (Wildman–Crippen LogP) is 1.73. The molecule has 0 amide bonds. The van der Waals surface area contributed by atoms with E-state index in [0.29, 0.717) is 12.0 Å². The molecule has 1 N–H and O–H groups in total. The lowest BCUT2D eigenvalue weighted by molar-refractivity contribution is 0.325. The van der Waals surface area contributed by atoms with E-state index in [1.165, 1.54) is 31.0 Å². The van der Waals surface area contributed by atoms with E-state index in [1.807, 2.05) is 0 Å². The highest BCUT2D eigenvalue weighted by Crippen LogP contribution is 2.32. The summed E-state index contributed by atoms with van der Waals surface area (Å²) in [6.45, 7) is 4.06. The number of halogens is 1. The number of sulfone groups is 1. The van der Waals surface area contributed by atoms with Crippen LogP contribution in [-0.4, -0.2) is 45.2 Å². The van der Waals surface area contributed by atoms with Crippen LogP contribution in [0.4, 0.5) is 4.39 Å². The maximum Gasteiger partial charge on any atom is 0.178 e. The smallest absolute Gasteiger partial charge is 0.178 e. The molecule has 2 aliphatic rings. The summed E-state index contributed by atoms with van der Waals surface area (Å²) in [6, 6.07) is 3.92. The van der Waals surface area contributed by atoms with Crippen LogP contribution in [0.15, 0.2) is 23.1 Å². The number of nitrogens with one attached hydrogen (secondary N) is 1. The highest BCUT2D eigenvalue weighted by atomic mass is 32.2. The number of fused-ring (bicyclic) bond motifs is 1. The van der Waals surface area contributed by atoms with E-state index in [4.69, 9.17) is 0 Å². The van der Waals surface area contributed by atoms with Crippen molar-refractivity contribution in [3.8, 4) is 0 Å². The van der Waals surface area contributed by atoms with Gasteiger partial charge in [-0.25, -0.2) is 12.8 Å². The highest BCUT2D eigenvalue weighted by molar-refractivity contribution is 7.91. The van der Waals surface area contributed by atoms with E-state index >= 15 is 0 Å². The Labute approximate surface area is 125 Å². The molecule has 3 rings (SSSR count). The predicted molar refractivity (Wildman–Crippen MR) is 79.5 cm³/mol. The Morgan fingerprint density at radius 2 is 2.05 bits per heavy atom. The van der Waals surface area contributed by atoms with Crippen molar-refractivity contribution in [2.75, 3.05) is 31.9 Å². The normalized spacial score (nSPS) is 24.9. The number of hydrogen-bond donors (Lipinski definition) is 1. The summed E-state index contributed by atoms with van der Waals surface area (Å²) in [4.78, 5) is 2.69. The van der Waals surface area contributed by atoms with E-state index in [1.54, 1.807) is 0 Å². The van der Waals surface area contributed by atoms with Crippen molar-refractivity contribution in [1.29, 1.82) is 0 Å². The van der Waals surface area contributed by atoms with Crippen LogP contribution >= 0.6 is 0 Å². The second-order valence-electron chi connectivity index (χ2n) is 5.85. The van der Waals surface area contributed by atoms with Crippen molar-refractivity contribution in [2.45, 2.75) is 30.2 Å². The first-order chi connectivity index (χ1) is 10.1. The van der Waals surface area contributed by atoms with E-state index < -0.39 is 9.84 Å². The van der Waals surface area contributed by atoms with Crippen molar-refractivity contribution in [2.24, 2.45) is 0 Å². The van der Waals surface area contributed by atoms with Crippen LogP contribution < -0.4 is 5.32 Å². The molecule has 2 heterocycles. The van der Waals surface area contributed by atoms with Gasteiger partial charge in [0.15, 0.2) is 9.84 Å². The van der Waals surface area contributed by atoms with E-state index in [9.17, 15) is 12.8 Å². The molecule has 1 fully saturated rings. The average Bonchev–Trinajstić information content (AvgIpc) is 2.94. The van der Waals surface area contributed by atoms with Gasteiger partial charge in [0, 0.05) is 19.1 Å². The lowest BCUT2D eigenvalue weighted by atomic mass is 10.0. The van der Waals surface area contributed by atoms with Gasteiger partial charge in [-0.3, -0.25) is 0 Å². The summed E-state index contributed by atoms with van der Waals surface area (Å²) in [5.74, 6) is -0.246. The molecule has 2 aliphatic heterocycles. The molecule has 1 aromatic carbocycles. The Balaban J connectivity index is 1.70. The van der Waals surface area contributed by atoms with Gasteiger partial charge in [-0.05, 0) is 56.1 Å². The lowest BCUT2D eigenvalue weighted by Crippen LogP contribution is -2.35. The Bertz CT molecular complexity index is 612. The minimum Gasteiger partial charge on any atom is -0.309 e. The highest BCUT2D eigenvalue weighted by Gasteiger charge is 2.30. The Kier molecular flexibility index (Phi) is 4.28. The first-order valence-electron chi connectivity index (χ1n) is 7.54. The van der Waals surface area contributed by atoms with Crippen molar-refractivity contribution in [1.82, 2.24) is 10.2 Å². The summed E-state index contributed by atoms with van der Waals surface area (Å²) < 4.78 is 37.6. The third-order valence-corrected chi connectivity index (χ3v) is 6.19. The number of likely N-dealkylation sites (tertiary alicyclic amines) is 1. The maximum atomic E-state index is 13.5. The first kappa shape index (κ1) is 14.9. The summed E-state index contributed by atoms with van der Waals surface area (Å²) in [5.41, 5.74) is 0.586. The fraction of sp³-hybridized carbons (Fsp3) is 0.600. The van der Waals surface area contributed by atoms with Gasteiger partial charge in [0.05, 0.1) is 10.6 Å². The van der Waals surface area contributed by atoms with Gasteiger partial charge in [-0.1, -0.05) is 0 Å². The second kappa shape index (κ2) is 6.02. The van der Waals surface area contributed by atoms with Gasteiger partial charge in [-0.15, -0.1) is 0 Å². The summed E-state index contributed by atoms with van der Waals surface area (Å²) in [7, 11) is -3.25. The lowest BCUT2D eigenvalue weighted by Gasteiger charge is -2.27. The van der Waals surface area contributed by atoms with Crippen molar-refractivity contribution < 1.29 is 12.8 Å². The molecule has 0 bridgehead atoms. The van der Waals surface area contributed by atoms with Crippen LogP contribution in [0.5, 0.6) is 0 Å². The van der Waals surface area contributed by atoms with Gasteiger partial charge < -0.3 is 10.2 Å². The molecule has 6 heteroatoms. The number of benzene rings is 1. The van der Waals surface area contributed by atoms with Crippen LogP contribution in [0.1, 0.15) is 30.9 Å². The molecule has 0 aromatic heterocycles. The standard InChI is InChI=1S/C15H21FN2O2S/c16-12-3-4-15-13(11-12)14(5-10-21(15,19)20)17-6-9-18-7-1-2-8-18/h3-4,11,14,17H,1-2,5-10H2. The Morgan fingerprint density at radius 3 is 2.81 bits per heavy atom. The molecule has 1 atom stereocenters.